The predicted octanol–water partition coefficient (Wildman–Crippen LogP) is 6.72. The van der Waals surface area contributed by atoms with Gasteiger partial charge in [0.2, 0.25) is 0 Å². The Labute approximate surface area is 215 Å². The summed E-state index contributed by atoms with van der Waals surface area (Å²) in [5.74, 6) is 1.51. The van der Waals surface area contributed by atoms with Gasteiger partial charge in [0.15, 0.2) is 0 Å². The van der Waals surface area contributed by atoms with E-state index in [9.17, 15) is 8.42 Å². The van der Waals surface area contributed by atoms with Crippen molar-refractivity contribution in [1.82, 2.24) is 0 Å². The molecule has 0 atom stereocenters. The van der Waals surface area contributed by atoms with Gasteiger partial charge in [0.25, 0.3) is 10.1 Å². The second-order valence-electron chi connectivity index (χ2n) is 8.48. The van der Waals surface area contributed by atoms with E-state index in [4.69, 9.17) is 9.29 Å². The molecule has 3 aromatic carbocycles. The largest absolute Gasteiger partial charge is 0.376 e. The van der Waals surface area contributed by atoms with Gasteiger partial charge in [-0.1, -0.05) is 54.6 Å². The number of anilines is 3. The molecule has 0 bridgehead atoms. The number of fused-ring (bicyclic) bond motifs is 2. The fourth-order valence-corrected chi connectivity index (χ4v) is 7.71. The number of nitrogens with zero attached hydrogens (tertiary/aromatic N) is 1. The summed E-state index contributed by atoms with van der Waals surface area (Å²) in [5, 5.41) is 0. The van der Waals surface area contributed by atoms with E-state index in [1.165, 1.54) is 32.3 Å². The van der Waals surface area contributed by atoms with Gasteiger partial charge in [-0.25, -0.2) is 0 Å². The highest BCUT2D eigenvalue weighted by atomic mass is 32.2. The van der Waals surface area contributed by atoms with E-state index in [0.29, 0.717) is 19.4 Å². The summed E-state index contributed by atoms with van der Waals surface area (Å²) in [7, 11) is -3.89. The molecule has 0 radical (unpaired) electrons. The van der Waals surface area contributed by atoms with Gasteiger partial charge < -0.3 is 9.64 Å². The monoisotopic (exact) mass is 525 g/mol. The first-order valence-electron chi connectivity index (χ1n) is 11.6. The molecular formula is C27H27NO4S3. The average Bonchev–Trinajstić information content (AvgIpc) is 2.87. The molecule has 0 aliphatic carbocycles. The Morgan fingerprint density at radius 2 is 1.40 bits per heavy atom. The Balaban J connectivity index is 1.38. The minimum absolute atomic E-state index is 0.120. The fourth-order valence-electron chi connectivity index (χ4n) is 4.41. The van der Waals surface area contributed by atoms with Crippen molar-refractivity contribution < 1.29 is 17.7 Å². The molecule has 182 valence electrons. The zero-order valence-electron chi connectivity index (χ0n) is 19.2. The Morgan fingerprint density at radius 3 is 2.00 bits per heavy atom. The molecule has 1 fully saturated rings. The second-order valence-corrected chi connectivity index (χ2v) is 12.4. The van der Waals surface area contributed by atoms with Gasteiger partial charge in [0.05, 0.1) is 23.2 Å². The lowest BCUT2D eigenvalue weighted by Crippen LogP contribution is -2.24. The van der Waals surface area contributed by atoms with Crippen molar-refractivity contribution in [1.29, 1.82) is 0 Å². The molecule has 0 unspecified atom stereocenters. The number of thioether (sulfide) groups is 2. The molecule has 2 aliphatic rings. The number of para-hydroxylation sites is 3. The van der Waals surface area contributed by atoms with Crippen molar-refractivity contribution in [3.05, 3.63) is 94.2 Å². The highest BCUT2D eigenvalue weighted by Crippen LogP contribution is 2.53. The van der Waals surface area contributed by atoms with Crippen molar-refractivity contribution in [2.75, 3.05) is 28.8 Å². The van der Waals surface area contributed by atoms with Gasteiger partial charge in [-0.15, -0.1) is 23.5 Å². The summed E-state index contributed by atoms with van der Waals surface area (Å²) < 4.78 is 37.9. The molecular weight excluding hydrogens is 499 g/mol. The summed E-state index contributed by atoms with van der Waals surface area (Å²) in [6, 6.07) is 27.7. The molecule has 0 spiro atoms. The van der Waals surface area contributed by atoms with Crippen LogP contribution in [0.15, 0.2) is 83.1 Å². The minimum Gasteiger partial charge on any atom is -0.376 e. The van der Waals surface area contributed by atoms with Gasteiger partial charge in [0.1, 0.15) is 0 Å². The minimum atomic E-state index is -3.89. The maximum atomic E-state index is 10.9. The van der Waals surface area contributed by atoms with Crippen molar-refractivity contribution in [3.63, 3.8) is 0 Å². The molecule has 0 aromatic heterocycles. The van der Waals surface area contributed by atoms with E-state index in [2.05, 4.69) is 77.7 Å². The Morgan fingerprint density at radius 1 is 0.829 bits per heavy atom. The zero-order chi connectivity index (χ0) is 24.3. The molecule has 0 saturated carbocycles. The third kappa shape index (κ3) is 5.62. The fraction of sp³-hybridized carbons (Fsp3) is 0.259. The molecule has 35 heavy (non-hydrogen) atoms. The van der Waals surface area contributed by atoms with Gasteiger partial charge in [-0.3, -0.25) is 4.55 Å². The molecule has 1 N–H and O–H groups in total. The van der Waals surface area contributed by atoms with Crippen LogP contribution >= 0.6 is 23.5 Å². The first-order valence-corrected chi connectivity index (χ1v) is 15.2. The van der Waals surface area contributed by atoms with Crippen LogP contribution in [-0.2, 0) is 14.9 Å². The van der Waals surface area contributed by atoms with Crippen LogP contribution in [0.3, 0.4) is 0 Å². The summed E-state index contributed by atoms with van der Waals surface area (Å²) in [6.07, 6.45) is 1.15. The number of hydrogen-bond acceptors (Lipinski definition) is 6. The Kier molecular flexibility index (Phi) is 7.55. The highest BCUT2D eigenvalue weighted by Gasteiger charge is 2.31. The third-order valence-electron chi connectivity index (χ3n) is 6.00. The summed E-state index contributed by atoms with van der Waals surface area (Å²) in [4.78, 5) is 2.34. The van der Waals surface area contributed by atoms with Crippen molar-refractivity contribution >= 4 is 56.3 Å². The van der Waals surface area contributed by atoms with E-state index >= 15 is 0 Å². The van der Waals surface area contributed by atoms with E-state index in [1.54, 1.807) is 0 Å². The number of benzene rings is 3. The van der Waals surface area contributed by atoms with Crippen LogP contribution in [0.5, 0.6) is 0 Å². The topological polar surface area (TPSA) is 66.8 Å². The molecule has 5 nitrogen and oxygen atoms in total. The van der Waals surface area contributed by atoms with Crippen LogP contribution in [-0.4, -0.2) is 42.9 Å². The van der Waals surface area contributed by atoms with Gasteiger partial charge in [-0.05, 0) is 37.1 Å². The SMILES string of the molecule is O=S(=O)(O)CCCCOC1CSC(=C2c3ccccc3N(c3ccccc3)c3ccccc32)SC1. The van der Waals surface area contributed by atoms with E-state index in [1.807, 2.05) is 29.6 Å². The zero-order valence-corrected chi connectivity index (χ0v) is 21.6. The second kappa shape index (κ2) is 10.8. The first kappa shape index (κ1) is 24.5. The van der Waals surface area contributed by atoms with E-state index in [-0.39, 0.29) is 11.9 Å². The number of rotatable bonds is 7. The van der Waals surface area contributed by atoms with Crippen molar-refractivity contribution in [2.45, 2.75) is 18.9 Å². The molecule has 1 saturated heterocycles. The first-order chi connectivity index (χ1) is 17.0. The standard InChI is InChI=1S/C27H27NO4S3/c29-35(30,31)17-9-8-16-32-21-18-33-27(34-19-21)26-22-12-4-6-14-24(22)28(20-10-2-1-3-11-20)25-15-7-5-13-23(25)26/h1-7,10-15,21H,8-9,16-19H2,(H,29,30,31). The lowest BCUT2D eigenvalue weighted by molar-refractivity contribution is 0.0827. The van der Waals surface area contributed by atoms with Crippen molar-refractivity contribution in [3.8, 4) is 0 Å². The molecule has 0 amide bonds. The van der Waals surface area contributed by atoms with E-state index < -0.39 is 10.1 Å². The smallest absolute Gasteiger partial charge is 0.264 e. The summed E-state index contributed by atoms with van der Waals surface area (Å²) >= 11 is 3.67. The third-order valence-corrected chi connectivity index (χ3v) is 9.52. The van der Waals surface area contributed by atoms with Crippen LogP contribution < -0.4 is 4.90 Å². The molecule has 2 heterocycles. The molecule has 5 rings (SSSR count). The molecule has 3 aromatic rings. The Bertz CT molecular complexity index is 1270. The average molecular weight is 526 g/mol. The van der Waals surface area contributed by atoms with Gasteiger partial charge in [-0.2, -0.15) is 8.42 Å². The van der Waals surface area contributed by atoms with Crippen LogP contribution in [0.1, 0.15) is 24.0 Å². The summed E-state index contributed by atoms with van der Waals surface area (Å²) in [5.41, 5.74) is 7.24. The maximum Gasteiger partial charge on any atom is 0.264 e. The van der Waals surface area contributed by atoms with Crippen LogP contribution in [0, 0.1) is 0 Å². The van der Waals surface area contributed by atoms with Gasteiger partial charge >= 0.3 is 0 Å². The lowest BCUT2D eigenvalue weighted by atomic mass is 9.91. The quantitative estimate of drug-likeness (QED) is 0.212. The number of unbranched alkanes of at least 4 members (excludes halogenated alkanes) is 1. The highest BCUT2D eigenvalue weighted by molar-refractivity contribution is 8.23. The number of hydrogen-bond donors (Lipinski definition) is 1. The maximum absolute atomic E-state index is 10.9. The van der Waals surface area contributed by atoms with Crippen molar-refractivity contribution in [2.24, 2.45) is 0 Å². The normalized spacial score (nSPS) is 17.7. The number of ether oxygens (including phenoxy) is 1. The van der Waals surface area contributed by atoms with Crippen LogP contribution in [0.2, 0.25) is 0 Å². The summed E-state index contributed by atoms with van der Waals surface area (Å²) in [6.45, 7) is 0.505. The van der Waals surface area contributed by atoms with E-state index in [0.717, 1.165) is 17.2 Å². The van der Waals surface area contributed by atoms with Gasteiger partial charge in [0, 0.05) is 44.7 Å². The molecule has 2 aliphatic heterocycles. The predicted molar refractivity (Wildman–Crippen MR) is 147 cm³/mol. The van der Waals surface area contributed by atoms with Crippen LogP contribution in [0.4, 0.5) is 17.1 Å². The van der Waals surface area contributed by atoms with Crippen LogP contribution in [0.25, 0.3) is 5.57 Å². The molecule has 8 heteroatoms. The lowest BCUT2D eigenvalue weighted by Gasteiger charge is -2.36. The Hall–Kier alpha value is -2.23.